The van der Waals surface area contributed by atoms with Crippen molar-refractivity contribution in [1.29, 1.82) is 0 Å². The van der Waals surface area contributed by atoms with Crippen molar-refractivity contribution in [1.82, 2.24) is 10.2 Å². The number of likely N-dealkylation sites (tertiary alicyclic amines) is 1. The van der Waals surface area contributed by atoms with E-state index in [1.54, 1.807) is 13.2 Å². The Bertz CT molecular complexity index is 498. The van der Waals surface area contributed by atoms with Gasteiger partial charge in [0.2, 0.25) is 5.91 Å². The van der Waals surface area contributed by atoms with Crippen molar-refractivity contribution < 1.29 is 24.9 Å². The van der Waals surface area contributed by atoms with Gasteiger partial charge in [-0.3, -0.25) is 9.69 Å². The van der Waals surface area contributed by atoms with E-state index in [1.807, 2.05) is 11.9 Å². The zero-order chi connectivity index (χ0) is 20.3. The summed E-state index contributed by atoms with van der Waals surface area (Å²) in [5.74, 6) is 0.350. The fourth-order valence-electron chi connectivity index (χ4n) is 4.11. The number of nitrogens with zero attached hydrogens (tertiary/aromatic N) is 1. The molecule has 2 aliphatic heterocycles. The maximum atomic E-state index is 12.9. The van der Waals surface area contributed by atoms with Gasteiger partial charge < -0.3 is 25.4 Å². The van der Waals surface area contributed by atoms with Crippen LogP contribution in [0.1, 0.15) is 33.1 Å². The van der Waals surface area contributed by atoms with Crippen molar-refractivity contribution in [2.24, 2.45) is 5.92 Å². The van der Waals surface area contributed by atoms with Gasteiger partial charge in [-0.1, -0.05) is 13.3 Å². The minimum absolute atomic E-state index is 0.147. The molecule has 0 aromatic carbocycles. The topological polar surface area (TPSA) is 102 Å². The zero-order valence-electron chi connectivity index (χ0n) is 16.4. The number of thioether (sulfide) groups is 1. The van der Waals surface area contributed by atoms with Crippen molar-refractivity contribution >= 4 is 29.3 Å². The summed E-state index contributed by atoms with van der Waals surface area (Å²) in [6.45, 7) is 4.74. The van der Waals surface area contributed by atoms with Crippen LogP contribution in [0, 0.1) is 5.92 Å². The summed E-state index contributed by atoms with van der Waals surface area (Å²) in [6.07, 6.45) is -0.0980. The molecule has 4 N–H and O–H groups in total. The molecule has 0 aliphatic carbocycles. The molecular weight excluding hydrogens is 392 g/mol. The monoisotopic (exact) mass is 424 g/mol. The zero-order valence-corrected chi connectivity index (χ0v) is 18.0. The van der Waals surface area contributed by atoms with Crippen molar-refractivity contribution in [3.8, 4) is 0 Å². The number of carbonyl (C=O) groups excluding carboxylic acids is 1. The number of ether oxygens (including phenoxy) is 1. The van der Waals surface area contributed by atoms with Crippen molar-refractivity contribution in [2.75, 3.05) is 19.8 Å². The average Bonchev–Trinajstić information content (AvgIpc) is 2.99. The van der Waals surface area contributed by atoms with Crippen LogP contribution in [0.25, 0.3) is 0 Å². The summed E-state index contributed by atoms with van der Waals surface area (Å²) >= 11 is 7.55. The van der Waals surface area contributed by atoms with Gasteiger partial charge in [-0.2, -0.15) is 0 Å². The molecule has 2 heterocycles. The van der Waals surface area contributed by atoms with Gasteiger partial charge in [0.1, 0.15) is 29.9 Å². The predicted octanol–water partition coefficient (Wildman–Crippen LogP) is 0.390. The molecule has 9 heteroatoms. The van der Waals surface area contributed by atoms with E-state index >= 15 is 0 Å². The highest BCUT2D eigenvalue weighted by atomic mass is 35.5. The highest BCUT2D eigenvalue weighted by Crippen LogP contribution is 2.31. The average molecular weight is 425 g/mol. The Hall–Kier alpha value is -0.0900. The van der Waals surface area contributed by atoms with Gasteiger partial charge >= 0.3 is 0 Å². The Morgan fingerprint density at radius 2 is 2.00 bits per heavy atom. The minimum atomic E-state index is -1.36. The number of amides is 1. The molecule has 9 atom stereocenters. The molecule has 7 nitrogen and oxygen atoms in total. The summed E-state index contributed by atoms with van der Waals surface area (Å²) in [5, 5.41) is 33.0. The van der Waals surface area contributed by atoms with E-state index in [4.69, 9.17) is 16.3 Å². The first-order chi connectivity index (χ1) is 12.7. The molecule has 2 rings (SSSR count). The molecule has 0 bridgehead atoms. The third-order valence-electron chi connectivity index (χ3n) is 5.63. The lowest BCUT2D eigenvalue weighted by Gasteiger charge is -2.44. The number of aliphatic hydroxyl groups is 3. The molecule has 1 amide bonds. The van der Waals surface area contributed by atoms with Crippen LogP contribution in [0.2, 0.25) is 0 Å². The van der Waals surface area contributed by atoms with Gasteiger partial charge in [-0.25, -0.2) is 0 Å². The quantitative estimate of drug-likeness (QED) is 0.438. The Morgan fingerprint density at radius 3 is 2.56 bits per heavy atom. The number of hydrogen-bond acceptors (Lipinski definition) is 7. The largest absolute Gasteiger partial charge is 0.388 e. The molecule has 2 fully saturated rings. The fraction of sp³-hybridized carbons (Fsp3) is 0.944. The molecule has 158 valence electrons. The molecule has 3 unspecified atom stereocenters. The molecule has 2 aliphatic rings. The third-order valence-corrected chi connectivity index (χ3v) is 6.76. The van der Waals surface area contributed by atoms with E-state index in [-0.39, 0.29) is 11.9 Å². The predicted molar refractivity (Wildman–Crippen MR) is 107 cm³/mol. The first kappa shape index (κ1) is 23.2. The smallest absolute Gasteiger partial charge is 0.237 e. The van der Waals surface area contributed by atoms with Gasteiger partial charge in [0.15, 0.2) is 0 Å². The van der Waals surface area contributed by atoms with E-state index in [1.165, 1.54) is 11.8 Å². The molecule has 0 saturated carbocycles. The Balaban J connectivity index is 2.09. The van der Waals surface area contributed by atoms with E-state index in [2.05, 4.69) is 12.2 Å². The molecule has 0 aromatic heterocycles. The van der Waals surface area contributed by atoms with Gasteiger partial charge in [0.05, 0.1) is 17.5 Å². The first-order valence-electron chi connectivity index (χ1n) is 9.58. The van der Waals surface area contributed by atoms with Crippen LogP contribution in [-0.4, -0.2) is 93.3 Å². The van der Waals surface area contributed by atoms with E-state index < -0.39 is 41.3 Å². The van der Waals surface area contributed by atoms with Crippen LogP contribution < -0.4 is 5.32 Å². The number of alkyl halides is 1. The van der Waals surface area contributed by atoms with Crippen molar-refractivity contribution in [2.45, 2.75) is 80.4 Å². The fourth-order valence-corrected chi connectivity index (χ4v) is 5.00. The van der Waals surface area contributed by atoms with Gasteiger partial charge in [-0.15, -0.1) is 23.4 Å². The second-order valence-electron chi connectivity index (χ2n) is 7.73. The number of carbonyl (C=O) groups is 1. The Morgan fingerprint density at radius 1 is 1.33 bits per heavy atom. The molecule has 0 aromatic rings. The Labute approximate surface area is 170 Å². The summed E-state index contributed by atoms with van der Waals surface area (Å²) in [6, 6.07) is -0.934. The van der Waals surface area contributed by atoms with Gasteiger partial charge in [-0.05, 0) is 39.0 Å². The molecule has 0 spiro atoms. The SMILES string of the molecule is CCC[C@@H]1C[C@@H](C(=O)NC(C(C)Cl)C2O[C@H](SC)[C@H](O)[C@@H](O)[C@H]2O)N(C)C1. The second-order valence-corrected chi connectivity index (χ2v) is 9.36. The minimum Gasteiger partial charge on any atom is -0.388 e. The second kappa shape index (κ2) is 10.1. The molecule has 27 heavy (non-hydrogen) atoms. The summed E-state index contributed by atoms with van der Waals surface area (Å²) in [5.41, 5.74) is -0.702. The lowest BCUT2D eigenvalue weighted by atomic mass is 9.92. The lowest BCUT2D eigenvalue weighted by Crippen LogP contribution is -2.65. The highest BCUT2D eigenvalue weighted by molar-refractivity contribution is 7.99. The summed E-state index contributed by atoms with van der Waals surface area (Å²) in [7, 11) is 1.94. The maximum Gasteiger partial charge on any atom is 0.237 e. The number of rotatable bonds is 7. The third kappa shape index (κ3) is 5.29. The normalized spacial score (nSPS) is 39.9. The van der Waals surface area contributed by atoms with Crippen LogP contribution in [0.15, 0.2) is 0 Å². The summed E-state index contributed by atoms with van der Waals surface area (Å²) < 4.78 is 5.79. The maximum absolute atomic E-state index is 12.9. The van der Waals surface area contributed by atoms with E-state index in [0.717, 1.165) is 25.8 Å². The number of aliphatic hydroxyl groups excluding tert-OH is 3. The van der Waals surface area contributed by atoms with Crippen molar-refractivity contribution in [3.63, 3.8) is 0 Å². The molecular formula is C18H33ClN2O5S. The number of nitrogens with one attached hydrogen (secondary N) is 1. The van der Waals surface area contributed by atoms with E-state index in [0.29, 0.717) is 5.92 Å². The van der Waals surface area contributed by atoms with Crippen LogP contribution in [-0.2, 0) is 9.53 Å². The van der Waals surface area contributed by atoms with Crippen LogP contribution in [0.3, 0.4) is 0 Å². The number of halogens is 1. The highest BCUT2D eigenvalue weighted by Gasteiger charge is 2.48. The number of likely N-dealkylation sites (N-methyl/N-ethyl adjacent to an activating group) is 1. The van der Waals surface area contributed by atoms with Crippen LogP contribution in [0.4, 0.5) is 0 Å². The standard InChI is InChI=1S/C18H33ClN2O5S/c1-5-6-10-7-11(21(3)8-10)17(25)20-12(9(2)19)16-14(23)13(22)15(24)18(26-16)27-4/h9-16,18,22-24H,5-8H2,1-4H3,(H,20,25)/t9?,10-,11+,12?,13+,14-,15-,16?,18-/m1/s1. The Kier molecular flexibility index (Phi) is 8.67. The molecule has 2 saturated heterocycles. The lowest BCUT2D eigenvalue weighted by molar-refractivity contribution is -0.205. The van der Waals surface area contributed by atoms with Crippen molar-refractivity contribution in [3.05, 3.63) is 0 Å². The van der Waals surface area contributed by atoms with Crippen LogP contribution in [0.5, 0.6) is 0 Å². The van der Waals surface area contributed by atoms with Crippen LogP contribution >= 0.6 is 23.4 Å². The van der Waals surface area contributed by atoms with E-state index in [9.17, 15) is 20.1 Å². The first-order valence-corrected chi connectivity index (χ1v) is 11.3. The van der Waals surface area contributed by atoms with Gasteiger partial charge in [0, 0.05) is 6.54 Å². The summed E-state index contributed by atoms with van der Waals surface area (Å²) in [4.78, 5) is 14.9. The number of hydrogen-bond donors (Lipinski definition) is 4. The molecule has 0 radical (unpaired) electrons. The van der Waals surface area contributed by atoms with Gasteiger partial charge in [0.25, 0.3) is 0 Å².